The fraction of sp³-hybridized carbons (Fsp3) is 1.00. The van der Waals surface area contributed by atoms with Gasteiger partial charge in [-0.15, -0.1) is 0 Å². The topological polar surface area (TPSA) is 52.6 Å². The summed E-state index contributed by atoms with van der Waals surface area (Å²) >= 11 is 0. The molecule has 1 N–H and O–H groups in total. The largest absolute Gasteiger partial charge is 0.311 e. The van der Waals surface area contributed by atoms with E-state index in [1.54, 1.807) is 4.31 Å². The summed E-state index contributed by atoms with van der Waals surface area (Å²) < 4.78 is 25.2. The summed E-state index contributed by atoms with van der Waals surface area (Å²) in [6.07, 6.45) is 6.27. The molecule has 1 saturated carbocycles. The molecule has 3 atom stereocenters. The molecule has 2 heterocycles. The minimum atomic E-state index is -3.02. The van der Waals surface area contributed by atoms with Crippen molar-refractivity contribution in [3.8, 4) is 0 Å². The number of rotatable bonds is 4. The number of piperazine rings is 1. The third-order valence-electron chi connectivity index (χ3n) is 5.36. The summed E-state index contributed by atoms with van der Waals surface area (Å²) in [6.45, 7) is 6.97. The average molecular weight is 315 g/mol. The maximum absolute atomic E-state index is 11.7. The highest BCUT2D eigenvalue weighted by Gasteiger charge is 2.37. The van der Waals surface area contributed by atoms with Crippen molar-refractivity contribution >= 4 is 10.0 Å². The molecule has 3 unspecified atom stereocenters. The van der Waals surface area contributed by atoms with E-state index in [4.69, 9.17) is 0 Å². The van der Waals surface area contributed by atoms with Crippen molar-refractivity contribution in [2.24, 2.45) is 11.8 Å². The molecule has 2 saturated heterocycles. The summed E-state index contributed by atoms with van der Waals surface area (Å²) in [5, 5.41) is 3.68. The van der Waals surface area contributed by atoms with E-state index in [1.807, 2.05) is 0 Å². The minimum Gasteiger partial charge on any atom is -0.311 e. The molecule has 2 aliphatic heterocycles. The lowest BCUT2D eigenvalue weighted by Crippen LogP contribution is -2.58. The Balaban J connectivity index is 1.56. The number of piperidine rings is 1. The molecular formula is C15H29N3O2S. The Morgan fingerprint density at radius 2 is 1.95 bits per heavy atom. The van der Waals surface area contributed by atoms with E-state index in [9.17, 15) is 8.42 Å². The molecule has 0 radical (unpaired) electrons. The van der Waals surface area contributed by atoms with Crippen LogP contribution in [0.1, 0.15) is 32.6 Å². The van der Waals surface area contributed by atoms with E-state index >= 15 is 0 Å². The van der Waals surface area contributed by atoms with Crippen molar-refractivity contribution in [1.29, 1.82) is 0 Å². The molecule has 3 fully saturated rings. The Bertz CT molecular complexity index is 464. The van der Waals surface area contributed by atoms with Crippen molar-refractivity contribution in [3.05, 3.63) is 0 Å². The van der Waals surface area contributed by atoms with Gasteiger partial charge in [0.05, 0.1) is 6.26 Å². The highest BCUT2D eigenvalue weighted by Crippen LogP contribution is 2.34. The van der Waals surface area contributed by atoms with Crippen LogP contribution in [0.4, 0.5) is 0 Å². The molecule has 3 rings (SSSR count). The van der Waals surface area contributed by atoms with Crippen LogP contribution in [0.5, 0.6) is 0 Å². The first kappa shape index (κ1) is 15.7. The number of nitrogens with one attached hydrogen (secondary N) is 1. The monoisotopic (exact) mass is 315 g/mol. The second kappa shape index (κ2) is 6.14. The Kier molecular flexibility index (Phi) is 4.60. The minimum absolute atomic E-state index is 0.494. The molecule has 21 heavy (non-hydrogen) atoms. The van der Waals surface area contributed by atoms with Crippen LogP contribution in [0.15, 0.2) is 0 Å². The van der Waals surface area contributed by atoms with E-state index in [1.165, 1.54) is 19.1 Å². The zero-order chi connectivity index (χ0) is 15.0. The Labute approximate surface area is 129 Å². The van der Waals surface area contributed by atoms with Gasteiger partial charge in [0.25, 0.3) is 0 Å². The van der Waals surface area contributed by atoms with E-state index in [0.29, 0.717) is 31.1 Å². The quantitative estimate of drug-likeness (QED) is 0.831. The molecule has 5 nitrogen and oxygen atoms in total. The molecular weight excluding hydrogens is 286 g/mol. The van der Waals surface area contributed by atoms with Gasteiger partial charge >= 0.3 is 0 Å². The Morgan fingerprint density at radius 1 is 1.19 bits per heavy atom. The fourth-order valence-corrected chi connectivity index (χ4v) is 4.77. The van der Waals surface area contributed by atoms with E-state index < -0.39 is 10.0 Å². The van der Waals surface area contributed by atoms with Crippen LogP contribution in [0.2, 0.25) is 0 Å². The van der Waals surface area contributed by atoms with Gasteiger partial charge in [0.1, 0.15) is 0 Å². The van der Waals surface area contributed by atoms with Crippen LogP contribution in [0.25, 0.3) is 0 Å². The summed E-state index contributed by atoms with van der Waals surface area (Å²) in [7, 11) is -3.02. The third-order valence-corrected chi connectivity index (χ3v) is 6.63. The molecule has 122 valence electrons. The summed E-state index contributed by atoms with van der Waals surface area (Å²) in [5.74, 6) is 1.38. The van der Waals surface area contributed by atoms with Crippen molar-refractivity contribution < 1.29 is 8.42 Å². The maximum Gasteiger partial charge on any atom is 0.211 e. The first-order valence-electron chi connectivity index (χ1n) is 8.36. The number of hydrogen-bond acceptors (Lipinski definition) is 4. The van der Waals surface area contributed by atoms with Gasteiger partial charge in [-0.1, -0.05) is 0 Å². The van der Waals surface area contributed by atoms with Crippen LogP contribution < -0.4 is 5.32 Å². The molecule has 0 spiro atoms. The normalized spacial score (nSPS) is 36.8. The predicted octanol–water partition coefficient (Wildman–Crippen LogP) is 0.730. The first-order valence-corrected chi connectivity index (χ1v) is 10.2. The van der Waals surface area contributed by atoms with E-state index in [-0.39, 0.29) is 0 Å². The van der Waals surface area contributed by atoms with Crippen LogP contribution in [-0.2, 0) is 10.0 Å². The van der Waals surface area contributed by atoms with Crippen LogP contribution in [-0.4, -0.2) is 68.7 Å². The number of hydrogen-bond donors (Lipinski definition) is 1. The third kappa shape index (κ3) is 3.97. The lowest BCUT2D eigenvalue weighted by molar-refractivity contribution is 0.0967. The van der Waals surface area contributed by atoms with Gasteiger partial charge in [0.15, 0.2) is 0 Å². The van der Waals surface area contributed by atoms with Gasteiger partial charge in [-0.25, -0.2) is 12.7 Å². The molecule has 3 aliphatic rings. The zero-order valence-electron chi connectivity index (χ0n) is 13.3. The number of nitrogens with zero attached hydrogens (tertiary/aromatic N) is 2. The molecule has 0 aromatic heterocycles. The van der Waals surface area contributed by atoms with E-state index in [0.717, 1.165) is 38.4 Å². The standard InChI is InChI=1S/C15H29N3O2S/c1-12-8-16-15(14-5-6-14)11-17(12)9-13-4-3-7-18(10-13)21(2,19)20/h12-16H,3-11H2,1-2H3. The highest BCUT2D eigenvalue weighted by molar-refractivity contribution is 7.88. The molecule has 1 aliphatic carbocycles. The molecule has 0 amide bonds. The van der Waals surface area contributed by atoms with E-state index in [2.05, 4.69) is 17.1 Å². The average Bonchev–Trinajstić information content (AvgIpc) is 3.25. The lowest BCUT2D eigenvalue weighted by atomic mass is 9.97. The van der Waals surface area contributed by atoms with Gasteiger partial charge < -0.3 is 5.32 Å². The Hall–Kier alpha value is -0.170. The predicted molar refractivity (Wildman–Crippen MR) is 84.7 cm³/mol. The van der Waals surface area contributed by atoms with Gasteiger partial charge in [-0.3, -0.25) is 4.90 Å². The van der Waals surface area contributed by atoms with Gasteiger partial charge in [0.2, 0.25) is 10.0 Å². The van der Waals surface area contributed by atoms with Crippen molar-refractivity contribution in [1.82, 2.24) is 14.5 Å². The van der Waals surface area contributed by atoms with Crippen molar-refractivity contribution in [3.63, 3.8) is 0 Å². The van der Waals surface area contributed by atoms with Crippen LogP contribution in [0.3, 0.4) is 0 Å². The molecule has 0 aromatic rings. The fourth-order valence-electron chi connectivity index (χ4n) is 3.83. The van der Waals surface area contributed by atoms with Crippen LogP contribution in [0, 0.1) is 11.8 Å². The second-order valence-electron chi connectivity index (χ2n) is 7.28. The zero-order valence-corrected chi connectivity index (χ0v) is 14.1. The summed E-state index contributed by atoms with van der Waals surface area (Å²) in [5.41, 5.74) is 0. The van der Waals surface area contributed by atoms with Gasteiger partial charge in [0, 0.05) is 44.8 Å². The molecule has 6 heteroatoms. The molecule has 0 aromatic carbocycles. The summed E-state index contributed by atoms with van der Waals surface area (Å²) in [4.78, 5) is 2.59. The van der Waals surface area contributed by atoms with Gasteiger partial charge in [-0.2, -0.15) is 0 Å². The van der Waals surface area contributed by atoms with Crippen molar-refractivity contribution in [2.75, 3.05) is 39.0 Å². The number of sulfonamides is 1. The Morgan fingerprint density at radius 3 is 2.62 bits per heavy atom. The second-order valence-corrected chi connectivity index (χ2v) is 9.27. The first-order chi connectivity index (χ1) is 9.93. The highest BCUT2D eigenvalue weighted by atomic mass is 32.2. The smallest absolute Gasteiger partial charge is 0.211 e. The van der Waals surface area contributed by atoms with Crippen LogP contribution >= 0.6 is 0 Å². The SMILES string of the molecule is CC1CNC(C2CC2)CN1CC1CCCN(S(C)(=O)=O)C1. The molecule has 0 bridgehead atoms. The summed E-state index contributed by atoms with van der Waals surface area (Å²) in [6, 6.07) is 1.23. The van der Waals surface area contributed by atoms with Gasteiger partial charge in [-0.05, 0) is 44.4 Å². The lowest BCUT2D eigenvalue weighted by Gasteiger charge is -2.42. The maximum atomic E-state index is 11.7. The van der Waals surface area contributed by atoms with Crippen molar-refractivity contribution in [2.45, 2.75) is 44.7 Å².